The Bertz CT molecular complexity index is 563. The number of aryl methyl sites for hydroxylation is 1. The van der Waals surface area contributed by atoms with Gasteiger partial charge in [-0.25, -0.2) is 9.37 Å². The molecule has 0 amide bonds. The van der Waals surface area contributed by atoms with Gasteiger partial charge in [-0.05, 0) is 19.1 Å². The van der Waals surface area contributed by atoms with Gasteiger partial charge in [0.05, 0.1) is 17.6 Å². The fraction of sp³-hybridized carbons (Fsp3) is 0.333. The lowest BCUT2D eigenvalue weighted by Gasteiger charge is -2.02. The van der Waals surface area contributed by atoms with Crippen LogP contribution in [-0.4, -0.2) is 22.1 Å². The normalized spacial score (nSPS) is 10.8. The Hall–Kier alpha value is -1.91. The summed E-state index contributed by atoms with van der Waals surface area (Å²) in [4.78, 5) is 15.6. The van der Waals surface area contributed by atoms with Gasteiger partial charge in [0.25, 0.3) is 0 Å². The second-order valence-corrected chi connectivity index (χ2v) is 3.70. The molecule has 0 saturated carbocycles. The van der Waals surface area contributed by atoms with Crippen LogP contribution in [0.25, 0.3) is 11.0 Å². The van der Waals surface area contributed by atoms with Crippen LogP contribution in [0, 0.1) is 5.82 Å². The van der Waals surface area contributed by atoms with Crippen molar-refractivity contribution in [2.75, 3.05) is 6.61 Å². The summed E-state index contributed by atoms with van der Waals surface area (Å²) in [5.41, 5.74) is 1.34. The van der Waals surface area contributed by atoms with Gasteiger partial charge in [-0.1, -0.05) is 0 Å². The molecule has 1 aromatic carbocycles. The first-order valence-corrected chi connectivity index (χ1v) is 5.38. The predicted octanol–water partition coefficient (Wildman–Crippen LogP) is 1.82. The number of esters is 1. The van der Waals surface area contributed by atoms with Crippen molar-refractivity contribution in [2.24, 2.45) is 7.05 Å². The molecule has 0 saturated heterocycles. The maximum absolute atomic E-state index is 13.0. The molecular weight excluding hydrogens is 223 g/mol. The van der Waals surface area contributed by atoms with Gasteiger partial charge < -0.3 is 9.30 Å². The first kappa shape index (κ1) is 11.6. The fourth-order valence-corrected chi connectivity index (χ4v) is 1.72. The first-order valence-electron chi connectivity index (χ1n) is 5.38. The monoisotopic (exact) mass is 236 g/mol. The van der Waals surface area contributed by atoms with E-state index in [0.29, 0.717) is 17.9 Å². The van der Waals surface area contributed by atoms with Crippen LogP contribution >= 0.6 is 0 Å². The second-order valence-electron chi connectivity index (χ2n) is 3.70. The summed E-state index contributed by atoms with van der Waals surface area (Å²) in [5.74, 6) is -0.0892. The summed E-state index contributed by atoms with van der Waals surface area (Å²) >= 11 is 0. The molecule has 0 unspecified atom stereocenters. The summed E-state index contributed by atoms with van der Waals surface area (Å²) < 4.78 is 19.6. The number of rotatable bonds is 3. The van der Waals surface area contributed by atoms with E-state index in [4.69, 9.17) is 4.74 Å². The molecule has 4 nitrogen and oxygen atoms in total. The molecule has 17 heavy (non-hydrogen) atoms. The number of carbonyl (C=O) groups excluding carboxylic acids is 1. The Morgan fingerprint density at radius 3 is 3.00 bits per heavy atom. The maximum atomic E-state index is 13.0. The number of ether oxygens (including phenoxy) is 1. The molecule has 0 radical (unpaired) electrons. The Labute approximate surface area is 98.0 Å². The molecule has 0 aliphatic heterocycles. The van der Waals surface area contributed by atoms with Crippen molar-refractivity contribution >= 4 is 17.0 Å². The second kappa shape index (κ2) is 4.53. The summed E-state index contributed by atoms with van der Waals surface area (Å²) in [5, 5.41) is 0. The zero-order valence-electron chi connectivity index (χ0n) is 9.74. The summed E-state index contributed by atoms with van der Waals surface area (Å²) in [6.07, 6.45) is 0.0979. The van der Waals surface area contributed by atoms with E-state index in [1.807, 2.05) is 0 Å². The van der Waals surface area contributed by atoms with E-state index >= 15 is 0 Å². The number of benzene rings is 1. The molecule has 90 valence electrons. The molecule has 0 spiro atoms. The minimum Gasteiger partial charge on any atom is -0.466 e. The number of imidazole rings is 1. The molecule has 1 aromatic heterocycles. The lowest BCUT2D eigenvalue weighted by Crippen LogP contribution is -2.11. The highest BCUT2D eigenvalue weighted by Crippen LogP contribution is 2.16. The van der Waals surface area contributed by atoms with Crippen molar-refractivity contribution in [1.29, 1.82) is 0 Å². The third-order valence-electron chi connectivity index (χ3n) is 2.54. The van der Waals surface area contributed by atoms with Gasteiger partial charge in [0.1, 0.15) is 18.1 Å². The lowest BCUT2D eigenvalue weighted by atomic mass is 10.3. The fourth-order valence-electron chi connectivity index (χ4n) is 1.72. The van der Waals surface area contributed by atoms with Crippen molar-refractivity contribution in [1.82, 2.24) is 9.55 Å². The Kier molecular flexibility index (Phi) is 3.08. The first-order chi connectivity index (χ1) is 8.11. The van der Waals surface area contributed by atoms with E-state index in [0.717, 1.165) is 5.52 Å². The Balaban J connectivity index is 2.35. The molecular formula is C12H13FN2O2. The number of hydrogen-bond acceptors (Lipinski definition) is 3. The largest absolute Gasteiger partial charge is 0.466 e. The van der Waals surface area contributed by atoms with Crippen LogP contribution in [-0.2, 0) is 23.0 Å². The highest BCUT2D eigenvalue weighted by Gasteiger charge is 2.12. The average molecular weight is 236 g/mol. The van der Waals surface area contributed by atoms with Crippen LogP contribution in [0.1, 0.15) is 12.7 Å². The van der Waals surface area contributed by atoms with Crippen molar-refractivity contribution in [3.8, 4) is 0 Å². The van der Waals surface area contributed by atoms with Gasteiger partial charge in [-0.3, -0.25) is 4.79 Å². The van der Waals surface area contributed by atoms with Crippen LogP contribution in [0.2, 0.25) is 0 Å². The zero-order chi connectivity index (χ0) is 12.4. The number of aromatic nitrogens is 2. The minimum atomic E-state index is -0.335. The van der Waals surface area contributed by atoms with Crippen molar-refractivity contribution in [2.45, 2.75) is 13.3 Å². The third kappa shape index (κ3) is 2.27. The lowest BCUT2D eigenvalue weighted by molar-refractivity contribution is -0.142. The van der Waals surface area contributed by atoms with Crippen LogP contribution < -0.4 is 0 Å². The van der Waals surface area contributed by atoms with Crippen molar-refractivity contribution < 1.29 is 13.9 Å². The van der Waals surface area contributed by atoms with E-state index in [9.17, 15) is 9.18 Å². The smallest absolute Gasteiger partial charge is 0.313 e. The van der Waals surface area contributed by atoms with E-state index in [1.54, 1.807) is 24.6 Å². The third-order valence-corrected chi connectivity index (χ3v) is 2.54. The van der Waals surface area contributed by atoms with E-state index in [2.05, 4.69) is 4.98 Å². The van der Waals surface area contributed by atoms with Crippen LogP contribution in [0.3, 0.4) is 0 Å². The summed E-state index contributed by atoms with van der Waals surface area (Å²) in [6.45, 7) is 2.10. The predicted molar refractivity (Wildman–Crippen MR) is 61.0 cm³/mol. The number of nitrogens with zero attached hydrogens (tertiary/aromatic N) is 2. The number of halogens is 1. The zero-order valence-corrected chi connectivity index (χ0v) is 9.74. The van der Waals surface area contributed by atoms with Crippen molar-refractivity contribution in [3.05, 3.63) is 29.8 Å². The molecule has 1 heterocycles. The topological polar surface area (TPSA) is 44.1 Å². The van der Waals surface area contributed by atoms with E-state index in [1.165, 1.54) is 12.1 Å². The molecule has 0 fully saturated rings. The van der Waals surface area contributed by atoms with E-state index < -0.39 is 0 Å². The number of carbonyl (C=O) groups is 1. The average Bonchev–Trinajstić information content (AvgIpc) is 2.55. The molecule has 0 bridgehead atoms. The maximum Gasteiger partial charge on any atom is 0.313 e. The number of hydrogen-bond donors (Lipinski definition) is 0. The van der Waals surface area contributed by atoms with Crippen molar-refractivity contribution in [3.63, 3.8) is 0 Å². The summed E-state index contributed by atoms with van der Waals surface area (Å²) in [6, 6.07) is 4.37. The molecule has 0 atom stereocenters. The molecule has 0 N–H and O–H groups in total. The highest BCUT2D eigenvalue weighted by atomic mass is 19.1. The Morgan fingerprint density at radius 2 is 2.29 bits per heavy atom. The van der Waals surface area contributed by atoms with Gasteiger partial charge in [-0.2, -0.15) is 0 Å². The summed E-state index contributed by atoms with van der Waals surface area (Å²) in [7, 11) is 1.79. The van der Waals surface area contributed by atoms with Crippen LogP contribution in [0.4, 0.5) is 4.39 Å². The molecule has 2 rings (SSSR count). The standard InChI is InChI=1S/C12H13FN2O2/c1-3-17-12(16)7-11-14-9-6-8(13)4-5-10(9)15(11)2/h4-6H,3,7H2,1-2H3. The minimum absolute atomic E-state index is 0.0979. The highest BCUT2D eigenvalue weighted by molar-refractivity contribution is 5.78. The van der Waals surface area contributed by atoms with E-state index in [-0.39, 0.29) is 18.2 Å². The van der Waals surface area contributed by atoms with Gasteiger partial charge in [0, 0.05) is 13.1 Å². The SMILES string of the molecule is CCOC(=O)Cc1nc2cc(F)ccc2n1C. The van der Waals surface area contributed by atoms with Crippen LogP contribution in [0.5, 0.6) is 0 Å². The van der Waals surface area contributed by atoms with Gasteiger partial charge >= 0.3 is 5.97 Å². The number of fused-ring (bicyclic) bond motifs is 1. The quantitative estimate of drug-likeness (QED) is 0.763. The molecule has 5 heteroatoms. The van der Waals surface area contributed by atoms with Gasteiger partial charge in [-0.15, -0.1) is 0 Å². The van der Waals surface area contributed by atoms with Gasteiger partial charge in [0.15, 0.2) is 0 Å². The molecule has 0 aliphatic carbocycles. The van der Waals surface area contributed by atoms with Crippen LogP contribution in [0.15, 0.2) is 18.2 Å². The molecule has 0 aliphatic rings. The Morgan fingerprint density at radius 1 is 1.53 bits per heavy atom. The molecule has 2 aromatic rings. The van der Waals surface area contributed by atoms with Gasteiger partial charge in [0.2, 0.25) is 0 Å².